The van der Waals surface area contributed by atoms with E-state index < -0.39 is 0 Å². The minimum Gasteiger partial charge on any atom is -0.339 e. The van der Waals surface area contributed by atoms with Crippen molar-refractivity contribution in [1.82, 2.24) is 15.5 Å². The molecule has 2 aromatic carbocycles. The molecule has 0 aliphatic carbocycles. The highest BCUT2D eigenvalue weighted by atomic mass is 16.5. The van der Waals surface area contributed by atoms with Gasteiger partial charge in [0, 0.05) is 36.4 Å². The Hall–Kier alpha value is -3.68. The molecule has 8 nitrogen and oxygen atoms in total. The van der Waals surface area contributed by atoms with Crippen molar-refractivity contribution in [3.63, 3.8) is 0 Å². The highest BCUT2D eigenvalue weighted by Gasteiger charge is 2.35. The fourth-order valence-corrected chi connectivity index (χ4v) is 3.52. The average Bonchev–Trinajstić information content (AvgIpc) is 3.40. The lowest BCUT2D eigenvalue weighted by atomic mass is 10.1. The van der Waals surface area contributed by atoms with Gasteiger partial charge in [0.1, 0.15) is 0 Å². The lowest BCUT2D eigenvalue weighted by Gasteiger charge is -2.16. The van der Waals surface area contributed by atoms with Crippen molar-refractivity contribution in [2.24, 2.45) is 0 Å². The summed E-state index contributed by atoms with van der Waals surface area (Å²) >= 11 is 0. The number of benzene rings is 2. The van der Waals surface area contributed by atoms with E-state index in [-0.39, 0.29) is 17.9 Å². The van der Waals surface area contributed by atoms with Crippen molar-refractivity contribution in [2.45, 2.75) is 32.6 Å². The Bertz CT molecular complexity index is 1080. The first-order valence-corrected chi connectivity index (χ1v) is 10.4. The fourth-order valence-electron chi connectivity index (χ4n) is 3.52. The Morgan fingerprint density at radius 2 is 2.03 bits per heavy atom. The van der Waals surface area contributed by atoms with Gasteiger partial charge < -0.3 is 20.1 Å². The second-order valence-corrected chi connectivity index (χ2v) is 7.66. The number of nitrogens with one attached hydrogen (secondary N) is 2. The summed E-state index contributed by atoms with van der Waals surface area (Å²) in [5.41, 5.74) is 3.38. The summed E-state index contributed by atoms with van der Waals surface area (Å²) in [5.74, 6) is 0.750. The number of amides is 3. The van der Waals surface area contributed by atoms with Gasteiger partial charge in [-0.1, -0.05) is 41.9 Å². The Balaban J connectivity index is 1.46. The predicted octanol–water partition coefficient (Wildman–Crippen LogP) is 4.10. The maximum absolute atomic E-state index is 12.5. The molecule has 1 atom stereocenters. The van der Waals surface area contributed by atoms with Gasteiger partial charge in [-0.2, -0.15) is 4.98 Å². The van der Waals surface area contributed by atoms with Crippen LogP contribution in [-0.2, 0) is 4.79 Å². The number of carbonyl (C=O) groups is 2. The quantitative estimate of drug-likeness (QED) is 0.627. The zero-order chi connectivity index (χ0) is 21.8. The predicted molar refractivity (Wildman–Crippen MR) is 118 cm³/mol. The molecule has 0 radical (unpaired) electrons. The van der Waals surface area contributed by atoms with E-state index in [1.165, 1.54) is 0 Å². The summed E-state index contributed by atoms with van der Waals surface area (Å²) < 4.78 is 5.49. The van der Waals surface area contributed by atoms with Gasteiger partial charge in [0.15, 0.2) is 0 Å². The van der Waals surface area contributed by atoms with Gasteiger partial charge in [0.25, 0.3) is 0 Å². The molecule has 2 N–H and O–H groups in total. The summed E-state index contributed by atoms with van der Waals surface area (Å²) in [6.07, 6.45) is 1.19. The highest BCUT2D eigenvalue weighted by Crippen LogP contribution is 2.32. The SMILES string of the molecule is CCCNC(=O)Nc1cccc(-c2noc([C@H]3CC(=O)N(c4ccc(C)cc4)C3)n2)c1. The van der Waals surface area contributed by atoms with E-state index in [9.17, 15) is 9.59 Å². The van der Waals surface area contributed by atoms with E-state index in [2.05, 4.69) is 20.8 Å². The van der Waals surface area contributed by atoms with Crippen molar-refractivity contribution in [1.29, 1.82) is 0 Å². The summed E-state index contributed by atoms with van der Waals surface area (Å²) in [5, 5.41) is 9.66. The smallest absolute Gasteiger partial charge is 0.319 e. The first-order valence-electron chi connectivity index (χ1n) is 10.4. The second-order valence-electron chi connectivity index (χ2n) is 7.66. The Morgan fingerprint density at radius 1 is 1.23 bits per heavy atom. The van der Waals surface area contributed by atoms with Gasteiger partial charge in [-0.25, -0.2) is 4.79 Å². The number of nitrogens with zero attached hydrogens (tertiary/aromatic N) is 3. The first kappa shape index (κ1) is 20.6. The molecule has 31 heavy (non-hydrogen) atoms. The fraction of sp³-hybridized carbons (Fsp3) is 0.304. The number of anilines is 2. The van der Waals surface area contributed by atoms with Crippen LogP contribution in [0, 0.1) is 6.92 Å². The van der Waals surface area contributed by atoms with Crippen molar-refractivity contribution in [3.8, 4) is 11.4 Å². The third kappa shape index (κ3) is 4.74. The molecule has 1 aliphatic heterocycles. The molecule has 0 spiro atoms. The Morgan fingerprint density at radius 3 is 2.81 bits per heavy atom. The number of urea groups is 1. The van der Waals surface area contributed by atoms with Crippen LogP contribution in [0.1, 0.15) is 37.1 Å². The van der Waals surface area contributed by atoms with Crippen molar-refractivity contribution in [3.05, 3.63) is 60.0 Å². The van der Waals surface area contributed by atoms with Crippen LogP contribution < -0.4 is 15.5 Å². The topological polar surface area (TPSA) is 100 Å². The molecule has 4 rings (SSSR count). The maximum atomic E-state index is 12.5. The number of hydrogen-bond donors (Lipinski definition) is 2. The monoisotopic (exact) mass is 419 g/mol. The number of hydrogen-bond acceptors (Lipinski definition) is 5. The van der Waals surface area contributed by atoms with Gasteiger partial charge in [0.05, 0.1) is 5.92 Å². The van der Waals surface area contributed by atoms with Crippen molar-refractivity contribution >= 4 is 23.3 Å². The summed E-state index contributed by atoms with van der Waals surface area (Å²) in [4.78, 5) is 30.7. The van der Waals surface area contributed by atoms with Gasteiger partial charge in [-0.3, -0.25) is 4.79 Å². The summed E-state index contributed by atoms with van der Waals surface area (Å²) in [6.45, 7) is 5.12. The Kier molecular flexibility index (Phi) is 5.97. The third-order valence-corrected chi connectivity index (χ3v) is 5.18. The number of aromatic nitrogens is 2. The second kappa shape index (κ2) is 8.99. The van der Waals surface area contributed by atoms with Gasteiger partial charge in [-0.05, 0) is 37.6 Å². The normalized spacial score (nSPS) is 15.9. The minimum atomic E-state index is -0.256. The number of carbonyl (C=O) groups excluding carboxylic acids is 2. The van der Waals surface area contributed by atoms with Crippen LogP contribution in [0.2, 0.25) is 0 Å². The lowest BCUT2D eigenvalue weighted by molar-refractivity contribution is -0.117. The van der Waals surface area contributed by atoms with Crippen molar-refractivity contribution < 1.29 is 14.1 Å². The van der Waals surface area contributed by atoms with Crippen LogP contribution in [0.25, 0.3) is 11.4 Å². The molecular formula is C23H25N5O3. The summed E-state index contributed by atoms with van der Waals surface area (Å²) in [7, 11) is 0. The molecule has 3 aromatic rings. The Labute approximate surface area is 180 Å². The highest BCUT2D eigenvalue weighted by molar-refractivity contribution is 5.96. The van der Waals surface area contributed by atoms with E-state index in [1.54, 1.807) is 17.0 Å². The van der Waals surface area contributed by atoms with E-state index in [4.69, 9.17) is 4.52 Å². The molecule has 8 heteroatoms. The van der Waals surface area contributed by atoms with E-state index >= 15 is 0 Å². The van der Waals surface area contributed by atoms with Crippen LogP contribution in [0.5, 0.6) is 0 Å². The maximum Gasteiger partial charge on any atom is 0.319 e. The van der Waals surface area contributed by atoms with Crippen LogP contribution in [0.4, 0.5) is 16.2 Å². The van der Waals surface area contributed by atoms with Crippen LogP contribution in [-0.4, -0.2) is 35.2 Å². The molecule has 160 valence electrons. The lowest BCUT2D eigenvalue weighted by Crippen LogP contribution is -2.29. The molecule has 0 unspecified atom stereocenters. The average molecular weight is 419 g/mol. The van der Waals surface area contributed by atoms with E-state index in [0.29, 0.717) is 36.9 Å². The molecule has 1 saturated heterocycles. The van der Waals surface area contributed by atoms with Crippen molar-refractivity contribution in [2.75, 3.05) is 23.3 Å². The van der Waals surface area contributed by atoms with E-state index in [0.717, 1.165) is 23.2 Å². The molecule has 0 saturated carbocycles. The van der Waals surface area contributed by atoms with Crippen LogP contribution in [0.15, 0.2) is 53.1 Å². The largest absolute Gasteiger partial charge is 0.339 e. The minimum absolute atomic E-state index is 0.0397. The zero-order valence-electron chi connectivity index (χ0n) is 17.6. The zero-order valence-corrected chi connectivity index (χ0v) is 17.6. The number of aryl methyl sites for hydroxylation is 1. The van der Waals surface area contributed by atoms with Crippen LogP contribution >= 0.6 is 0 Å². The third-order valence-electron chi connectivity index (χ3n) is 5.18. The molecule has 1 fully saturated rings. The molecular weight excluding hydrogens is 394 g/mol. The molecule has 1 aromatic heterocycles. The van der Waals surface area contributed by atoms with E-state index in [1.807, 2.05) is 50.2 Å². The van der Waals surface area contributed by atoms with Gasteiger partial charge in [-0.15, -0.1) is 0 Å². The molecule has 3 amide bonds. The molecule has 1 aliphatic rings. The van der Waals surface area contributed by atoms with Gasteiger partial charge >= 0.3 is 6.03 Å². The number of rotatable bonds is 6. The van der Waals surface area contributed by atoms with Gasteiger partial charge in [0.2, 0.25) is 17.6 Å². The molecule has 2 heterocycles. The summed E-state index contributed by atoms with van der Waals surface area (Å²) in [6, 6.07) is 14.9. The molecule has 0 bridgehead atoms. The van der Waals surface area contributed by atoms with Crippen LogP contribution in [0.3, 0.4) is 0 Å². The first-order chi connectivity index (χ1) is 15.0. The standard InChI is InChI=1S/C23H25N5O3/c1-3-11-24-23(30)25-18-6-4-5-16(12-18)21-26-22(31-27-21)17-13-20(29)28(14-17)19-9-7-15(2)8-10-19/h4-10,12,17H,3,11,13-14H2,1-2H3,(H2,24,25,30)/t17-/m0/s1.